The number of allylic oxidation sites excluding steroid dienone is 8. The average Bonchev–Trinajstić information content (AvgIpc) is 2.99. The smallest absolute Gasteiger partial charge is 0.396 e. The summed E-state index contributed by atoms with van der Waals surface area (Å²) in [7, 11) is 0. The summed E-state index contributed by atoms with van der Waals surface area (Å²) in [5.41, 5.74) is 0. The fraction of sp³-hybridized carbons (Fsp3) is 0.429. The zero-order valence-corrected chi connectivity index (χ0v) is 13.6. The van der Waals surface area contributed by atoms with Crippen molar-refractivity contribution in [3.8, 4) is 0 Å². The Morgan fingerprint density at radius 3 is 1.59 bits per heavy atom. The van der Waals surface area contributed by atoms with Gasteiger partial charge in [-0.3, -0.25) is 12.2 Å². The van der Waals surface area contributed by atoms with Gasteiger partial charge in [-0.1, -0.05) is 13.3 Å². The quantitative estimate of drug-likeness (QED) is 0.763. The van der Waals surface area contributed by atoms with Crippen LogP contribution in [0.4, 0.5) is 0 Å². The molecule has 0 bridgehead atoms. The molecule has 0 fully saturated rings. The van der Waals surface area contributed by atoms with E-state index in [2.05, 4.69) is 31.2 Å². The Labute approximate surface area is 131 Å². The van der Waals surface area contributed by atoms with Crippen LogP contribution in [-0.2, 0) is 26.2 Å². The number of unbranched alkanes of at least 4 members (excludes halogenated alkanes) is 1. The average molecular weight is 332 g/mol. The Morgan fingerprint density at radius 1 is 1.06 bits per heavy atom. The maximum Gasteiger partial charge on any atom is 2.00 e. The van der Waals surface area contributed by atoms with E-state index in [1.165, 1.54) is 0 Å². The van der Waals surface area contributed by atoms with Gasteiger partial charge in [-0.2, -0.15) is 12.2 Å². The van der Waals surface area contributed by atoms with Crippen LogP contribution in [0.2, 0.25) is 0 Å². The second kappa shape index (κ2) is 21.4. The predicted molar refractivity (Wildman–Crippen MR) is 72.4 cm³/mol. The van der Waals surface area contributed by atoms with Gasteiger partial charge in [0, 0.05) is 6.61 Å². The van der Waals surface area contributed by atoms with Crippen molar-refractivity contribution < 1.29 is 31.3 Å². The molecule has 0 spiro atoms. The van der Waals surface area contributed by atoms with Crippen LogP contribution in [0.5, 0.6) is 0 Å². The molecule has 0 unspecified atom stereocenters. The zero-order valence-electron chi connectivity index (χ0n) is 10.4. The third-order valence-corrected chi connectivity index (χ3v) is 1.68. The fourth-order valence-electron chi connectivity index (χ4n) is 0.839. The standard InChI is InChI=1S/2C5H5.C4H10O.ClH.Zr/c2*1-2-4-5-3-1;1-2-3-4-5;;/h2*1-3H,4H2;5H,2-4H2,1H3;1H;/q2*-1;;;+2. The Morgan fingerprint density at radius 2 is 1.53 bits per heavy atom. The van der Waals surface area contributed by atoms with Gasteiger partial charge in [-0.25, -0.2) is 24.3 Å². The van der Waals surface area contributed by atoms with Gasteiger partial charge in [0.25, 0.3) is 0 Å². The number of halogens is 1. The van der Waals surface area contributed by atoms with Gasteiger partial charge in [0.1, 0.15) is 0 Å². The van der Waals surface area contributed by atoms with Gasteiger partial charge in [-0.15, -0.1) is 25.2 Å². The van der Waals surface area contributed by atoms with E-state index in [1.807, 2.05) is 24.3 Å². The summed E-state index contributed by atoms with van der Waals surface area (Å²) in [6.07, 6.45) is 22.0. The minimum absolute atomic E-state index is 0. The van der Waals surface area contributed by atoms with Crippen LogP contribution in [-0.4, -0.2) is 11.7 Å². The van der Waals surface area contributed by atoms with Gasteiger partial charge in [0.15, 0.2) is 0 Å². The molecule has 2 aliphatic rings. The fourth-order valence-corrected chi connectivity index (χ4v) is 0.839. The molecule has 0 aromatic rings. The van der Waals surface area contributed by atoms with E-state index in [9.17, 15) is 0 Å². The second-order valence-electron chi connectivity index (χ2n) is 3.08. The van der Waals surface area contributed by atoms with E-state index in [1.54, 1.807) is 0 Å². The largest absolute Gasteiger partial charge is 2.00 e. The monoisotopic (exact) mass is 330 g/mol. The first-order valence-corrected chi connectivity index (χ1v) is 5.46. The third kappa shape index (κ3) is 21.9. The van der Waals surface area contributed by atoms with Crippen molar-refractivity contribution in [2.75, 3.05) is 6.61 Å². The Hall–Kier alpha value is 0.0931. The molecule has 0 aromatic heterocycles. The van der Waals surface area contributed by atoms with E-state index in [0.29, 0.717) is 6.61 Å². The van der Waals surface area contributed by atoms with Crippen LogP contribution in [0, 0.1) is 12.2 Å². The molecular formula is C14H21ClOZr. The zero-order chi connectivity index (χ0) is 11.2. The molecule has 0 aliphatic heterocycles. The Kier molecular flexibility index (Phi) is 28.0. The van der Waals surface area contributed by atoms with Crippen LogP contribution in [0.25, 0.3) is 0 Å². The van der Waals surface area contributed by atoms with Crippen molar-refractivity contribution in [1.29, 1.82) is 0 Å². The molecule has 0 aromatic carbocycles. The van der Waals surface area contributed by atoms with Crippen molar-refractivity contribution in [3.05, 3.63) is 48.6 Å². The summed E-state index contributed by atoms with van der Waals surface area (Å²) in [6.45, 7) is 2.40. The summed E-state index contributed by atoms with van der Waals surface area (Å²) in [4.78, 5) is 0. The first kappa shape index (κ1) is 22.3. The van der Waals surface area contributed by atoms with Crippen LogP contribution >= 0.6 is 12.4 Å². The molecule has 0 heterocycles. The third-order valence-electron chi connectivity index (χ3n) is 1.68. The van der Waals surface area contributed by atoms with Crippen LogP contribution < -0.4 is 0 Å². The molecule has 17 heavy (non-hydrogen) atoms. The van der Waals surface area contributed by atoms with Crippen molar-refractivity contribution in [2.45, 2.75) is 32.6 Å². The van der Waals surface area contributed by atoms with Crippen molar-refractivity contribution in [2.24, 2.45) is 0 Å². The summed E-state index contributed by atoms with van der Waals surface area (Å²) < 4.78 is 0. The van der Waals surface area contributed by atoms with E-state index in [-0.39, 0.29) is 38.6 Å². The minimum Gasteiger partial charge on any atom is -0.396 e. The maximum atomic E-state index is 8.07. The Balaban J connectivity index is -0.000000163. The molecule has 0 radical (unpaired) electrons. The topological polar surface area (TPSA) is 20.2 Å². The maximum absolute atomic E-state index is 8.07. The van der Waals surface area contributed by atoms with Crippen molar-refractivity contribution in [3.63, 3.8) is 0 Å². The van der Waals surface area contributed by atoms with Gasteiger partial charge in [0.2, 0.25) is 0 Å². The molecule has 0 amide bonds. The minimum atomic E-state index is 0. The molecule has 0 saturated heterocycles. The molecule has 0 atom stereocenters. The number of hydrogen-bond acceptors (Lipinski definition) is 1. The van der Waals surface area contributed by atoms with Gasteiger partial charge in [0.05, 0.1) is 0 Å². The van der Waals surface area contributed by atoms with Crippen molar-refractivity contribution in [1.82, 2.24) is 0 Å². The summed E-state index contributed by atoms with van der Waals surface area (Å²) in [6, 6.07) is 0. The second-order valence-corrected chi connectivity index (χ2v) is 3.08. The van der Waals surface area contributed by atoms with Crippen LogP contribution in [0.15, 0.2) is 36.5 Å². The molecular weight excluding hydrogens is 311 g/mol. The predicted octanol–water partition coefficient (Wildman–Crippen LogP) is 3.81. The summed E-state index contributed by atoms with van der Waals surface area (Å²) >= 11 is 0. The summed E-state index contributed by atoms with van der Waals surface area (Å²) in [5.74, 6) is 0. The Bertz CT molecular complexity index is 188. The van der Waals surface area contributed by atoms with Crippen molar-refractivity contribution >= 4 is 12.4 Å². The van der Waals surface area contributed by atoms with Gasteiger partial charge in [-0.05, 0) is 6.42 Å². The first-order chi connectivity index (χ1) is 7.41. The molecule has 1 N–H and O–H groups in total. The molecule has 2 rings (SSSR count). The van der Waals surface area contributed by atoms with Gasteiger partial charge >= 0.3 is 26.2 Å². The van der Waals surface area contributed by atoms with E-state index in [0.717, 1.165) is 25.7 Å². The molecule has 94 valence electrons. The number of aliphatic hydroxyl groups excluding tert-OH is 1. The van der Waals surface area contributed by atoms with E-state index in [4.69, 9.17) is 5.11 Å². The van der Waals surface area contributed by atoms with E-state index >= 15 is 0 Å². The first-order valence-electron chi connectivity index (χ1n) is 5.46. The molecule has 2 aliphatic carbocycles. The number of aliphatic hydroxyl groups is 1. The molecule has 1 nitrogen and oxygen atoms in total. The molecule has 3 heteroatoms. The van der Waals surface area contributed by atoms with Crippen LogP contribution in [0.3, 0.4) is 0 Å². The number of rotatable bonds is 2. The molecule has 0 saturated carbocycles. The van der Waals surface area contributed by atoms with Gasteiger partial charge < -0.3 is 5.11 Å². The number of hydrogen-bond donors (Lipinski definition) is 1. The summed E-state index contributed by atoms with van der Waals surface area (Å²) in [5, 5.41) is 8.07. The SMILES string of the molecule is CCCCO.Cl.[C-]1=CC=CC1.[C-]1=CC=CC1.[Zr+2]. The normalized spacial score (nSPS) is 12.8. The van der Waals surface area contributed by atoms with Crippen LogP contribution in [0.1, 0.15) is 32.6 Å². The van der Waals surface area contributed by atoms with E-state index < -0.39 is 0 Å².